The van der Waals surface area contributed by atoms with Crippen molar-refractivity contribution in [3.05, 3.63) is 95.6 Å². The van der Waals surface area contributed by atoms with Gasteiger partial charge in [-0.3, -0.25) is 4.89 Å². The summed E-state index contributed by atoms with van der Waals surface area (Å²) in [7, 11) is 0. The maximum absolute atomic E-state index is 12.7. The summed E-state index contributed by atoms with van der Waals surface area (Å²) in [4.78, 5) is 47.6. The molecule has 0 heterocycles. The number of ether oxygens (including phenoxy) is 2. The molecule has 0 atom stereocenters. The molecule has 7 heteroatoms. The molecule has 7 nitrogen and oxygen atoms in total. The first-order valence-corrected chi connectivity index (χ1v) is 9.82. The molecule has 0 fully saturated rings. The fraction of sp³-hybridized carbons (Fsp3) is 0.160. The van der Waals surface area contributed by atoms with E-state index in [1.54, 1.807) is 69.3 Å². The predicted octanol–water partition coefficient (Wildman–Crippen LogP) is 5.36. The van der Waals surface area contributed by atoms with Crippen molar-refractivity contribution in [1.82, 2.24) is 0 Å². The molecule has 3 rings (SSSR count). The molecule has 0 N–H and O–H groups in total. The van der Waals surface area contributed by atoms with Gasteiger partial charge in [0, 0.05) is 0 Å². The van der Waals surface area contributed by atoms with Crippen LogP contribution in [0.15, 0.2) is 78.9 Å². The number of hydrogen-bond acceptors (Lipinski definition) is 7. The summed E-state index contributed by atoms with van der Waals surface area (Å²) in [5, 5.41) is 0. The summed E-state index contributed by atoms with van der Waals surface area (Å²) in [5.41, 5.74) is -0.905. The Balaban J connectivity index is 1.78. The Kier molecular flexibility index (Phi) is 7.02. The summed E-state index contributed by atoms with van der Waals surface area (Å²) in [6.07, 6.45) is 0. The van der Waals surface area contributed by atoms with Crippen molar-refractivity contribution in [2.45, 2.75) is 26.4 Å². The average Bonchev–Trinajstić information content (AvgIpc) is 2.78. The Morgan fingerprint density at radius 2 is 1.12 bits per heavy atom. The Labute approximate surface area is 185 Å². The molecule has 164 valence electrons. The largest absolute Gasteiger partial charge is 0.456 e. The van der Waals surface area contributed by atoms with Gasteiger partial charge in [0.1, 0.15) is 22.7 Å². The number of benzene rings is 3. The molecular formula is C25H22O7. The molecule has 32 heavy (non-hydrogen) atoms. The van der Waals surface area contributed by atoms with Crippen LogP contribution in [0.1, 0.15) is 51.8 Å². The van der Waals surface area contributed by atoms with Crippen LogP contribution in [0.4, 0.5) is 0 Å². The lowest BCUT2D eigenvalue weighted by Gasteiger charge is -2.17. The van der Waals surface area contributed by atoms with Crippen LogP contribution in [0.2, 0.25) is 0 Å². The van der Waals surface area contributed by atoms with Crippen molar-refractivity contribution in [2.24, 2.45) is 0 Å². The molecule has 3 aromatic rings. The quantitative estimate of drug-likeness (QED) is 0.223. The minimum atomic E-state index is -1.01. The van der Waals surface area contributed by atoms with E-state index >= 15 is 0 Å². The Morgan fingerprint density at radius 3 is 1.75 bits per heavy atom. The lowest BCUT2D eigenvalue weighted by molar-refractivity contribution is -0.301. The van der Waals surface area contributed by atoms with Crippen molar-refractivity contribution in [3.8, 4) is 11.5 Å². The summed E-state index contributed by atoms with van der Waals surface area (Å²) < 4.78 is 10.8. The van der Waals surface area contributed by atoms with Crippen molar-refractivity contribution in [3.63, 3.8) is 0 Å². The highest BCUT2D eigenvalue weighted by Crippen LogP contribution is 2.26. The monoisotopic (exact) mass is 434 g/mol. The molecule has 0 aromatic heterocycles. The van der Waals surface area contributed by atoms with Crippen LogP contribution in [-0.2, 0) is 14.5 Å². The average molecular weight is 434 g/mol. The van der Waals surface area contributed by atoms with Gasteiger partial charge >= 0.3 is 17.9 Å². The first kappa shape index (κ1) is 22.7. The number of hydrogen-bond donors (Lipinski definition) is 0. The van der Waals surface area contributed by atoms with Gasteiger partial charge in [-0.05, 0) is 57.2 Å². The third-order valence-corrected chi connectivity index (χ3v) is 4.00. The molecule has 0 aliphatic rings. The minimum Gasteiger partial charge on any atom is -0.456 e. The maximum atomic E-state index is 12.7. The number of rotatable bonds is 6. The molecule has 0 radical (unpaired) electrons. The topological polar surface area (TPSA) is 88.1 Å². The Morgan fingerprint density at radius 1 is 0.625 bits per heavy atom. The van der Waals surface area contributed by atoms with E-state index in [-0.39, 0.29) is 22.4 Å². The van der Waals surface area contributed by atoms with Crippen LogP contribution in [0, 0.1) is 0 Å². The van der Waals surface area contributed by atoms with E-state index in [2.05, 4.69) is 0 Å². The number of carbonyl (C=O) groups excluding carboxylic acids is 3. The van der Waals surface area contributed by atoms with E-state index in [4.69, 9.17) is 19.2 Å². The zero-order valence-corrected chi connectivity index (χ0v) is 17.9. The van der Waals surface area contributed by atoms with E-state index in [0.717, 1.165) is 0 Å². The lowest BCUT2D eigenvalue weighted by atomic mass is 10.1. The molecule has 0 saturated heterocycles. The molecule has 0 bridgehead atoms. The summed E-state index contributed by atoms with van der Waals surface area (Å²) in [6, 6.07) is 21.1. The standard InChI is InChI=1S/C25H22O7/c1-25(2,3)32-31-24(28)19-14-8-7-13-18(19)22(26)30-23(27)20-15-9-10-16-21(20)29-17-11-5-4-6-12-17/h4-16H,1-3H3. The third kappa shape index (κ3) is 6.02. The predicted molar refractivity (Wildman–Crippen MR) is 115 cm³/mol. The van der Waals surface area contributed by atoms with E-state index in [1.165, 1.54) is 24.3 Å². The van der Waals surface area contributed by atoms with Crippen LogP contribution in [-0.4, -0.2) is 23.5 Å². The molecule has 0 aliphatic heterocycles. The van der Waals surface area contributed by atoms with Crippen molar-refractivity contribution in [1.29, 1.82) is 0 Å². The molecule has 0 aliphatic carbocycles. The smallest absolute Gasteiger partial charge is 0.373 e. The highest BCUT2D eigenvalue weighted by molar-refractivity contribution is 6.08. The molecule has 0 saturated carbocycles. The Bertz CT molecular complexity index is 1110. The van der Waals surface area contributed by atoms with Crippen LogP contribution < -0.4 is 4.74 Å². The van der Waals surface area contributed by atoms with Crippen molar-refractivity contribution in [2.75, 3.05) is 0 Å². The highest BCUT2D eigenvalue weighted by Gasteiger charge is 2.25. The maximum Gasteiger partial charge on any atom is 0.373 e. The second kappa shape index (κ2) is 9.89. The molecule has 0 spiro atoms. The highest BCUT2D eigenvalue weighted by atomic mass is 17.2. The SMILES string of the molecule is CC(C)(C)OOC(=O)c1ccccc1C(=O)OC(=O)c1ccccc1Oc1ccccc1. The van der Waals surface area contributed by atoms with Gasteiger partial charge < -0.3 is 9.47 Å². The van der Waals surface area contributed by atoms with E-state index in [9.17, 15) is 14.4 Å². The Hall–Kier alpha value is -3.97. The van der Waals surface area contributed by atoms with Gasteiger partial charge in [0.25, 0.3) is 0 Å². The molecule has 0 unspecified atom stereocenters. The zero-order chi connectivity index (χ0) is 23.1. The molecule has 0 amide bonds. The second-order valence-corrected chi connectivity index (χ2v) is 7.70. The van der Waals surface area contributed by atoms with Gasteiger partial charge in [-0.1, -0.05) is 42.5 Å². The normalized spacial score (nSPS) is 10.8. The fourth-order valence-electron chi connectivity index (χ4n) is 2.58. The summed E-state index contributed by atoms with van der Waals surface area (Å²) >= 11 is 0. The van der Waals surface area contributed by atoms with Crippen LogP contribution in [0.25, 0.3) is 0 Å². The summed E-state index contributed by atoms with van der Waals surface area (Å²) in [5.74, 6) is -2.06. The van der Waals surface area contributed by atoms with Gasteiger partial charge in [-0.2, -0.15) is 4.89 Å². The van der Waals surface area contributed by atoms with Gasteiger partial charge in [0.15, 0.2) is 0 Å². The third-order valence-electron chi connectivity index (χ3n) is 4.00. The van der Waals surface area contributed by atoms with Gasteiger partial charge in [-0.15, -0.1) is 0 Å². The summed E-state index contributed by atoms with van der Waals surface area (Å²) in [6.45, 7) is 5.11. The van der Waals surface area contributed by atoms with Gasteiger partial charge in [0.05, 0.1) is 11.1 Å². The molecule has 3 aromatic carbocycles. The van der Waals surface area contributed by atoms with Crippen molar-refractivity contribution < 1.29 is 33.6 Å². The molecular weight excluding hydrogens is 412 g/mol. The van der Waals surface area contributed by atoms with E-state index in [1.807, 2.05) is 6.07 Å². The second-order valence-electron chi connectivity index (χ2n) is 7.70. The fourth-order valence-corrected chi connectivity index (χ4v) is 2.58. The minimum absolute atomic E-state index is 0.0563. The first-order chi connectivity index (χ1) is 15.2. The lowest BCUT2D eigenvalue weighted by Crippen LogP contribution is -2.23. The van der Waals surface area contributed by atoms with Gasteiger partial charge in [0.2, 0.25) is 0 Å². The number of carbonyl (C=O) groups is 3. The number of para-hydroxylation sites is 2. The van der Waals surface area contributed by atoms with E-state index < -0.39 is 23.5 Å². The van der Waals surface area contributed by atoms with Crippen molar-refractivity contribution >= 4 is 17.9 Å². The van der Waals surface area contributed by atoms with Crippen LogP contribution >= 0.6 is 0 Å². The van der Waals surface area contributed by atoms with Crippen LogP contribution in [0.3, 0.4) is 0 Å². The van der Waals surface area contributed by atoms with E-state index in [0.29, 0.717) is 5.75 Å². The van der Waals surface area contributed by atoms with Crippen LogP contribution in [0.5, 0.6) is 11.5 Å². The van der Waals surface area contributed by atoms with Gasteiger partial charge in [-0.25, -0.2) is 14.4 Å². The number of esters is 2. The first-order valence-electron chi connectivity index (χ1n) is 9.82. The zero-order valence-electron chi connectivity index (χ0n) is 17.9.